The van der Waals surface area contributed by atoms with Crippen LogP contribution in [-0.2, 0) is 4.79 Å². The number of hydrogen-bond donors (Lipinski definition) is 1. The van der Waals surface area contributed by atoms with E-state index in [1.54, 1.807) is 18.4 Å². The molecule has 1 N–H and O–H groups in total. The Labute approximate surface area is 112 Å². The maximum absolute atomic E-state index is 11.9. The van der Waals surface area contributed by atoms with Crippen molar-refractivity contribution >= 4 is 5.91 Å². The average Bonchev–Trinajstić information content (AvgIpc) is 3.13. The Kier molecular flexibility index (Phi) is 3.57. The molecule has 0 spiro atoms. The van der Waals surface area contributed by atoms with Gasteiger partial charge in [0.15, 0.2) is 0 Å². The molecule has 1 aromatic heterocycles. The Balaban J connectivity index is 1.46. The average molecular weight is 264 g/mol. The molecule has 1 aromatic rings. The number of furan rings is 1. The molecule has 0 aromatic carbocycles. The molecule has 2 aliphatic rings. The summed E-state index contributed by atoms with van der Waals surface area (Å²) in [5.74, 6) is 1.24. The van der Waals surface area contributed by atoms with E-state index in [0.29, 0.717) is 24.1 Å². The van der Waals surface area contributed by atoms with Crippen molar-refractivity contribution in [2.24, 2.45) is 5.92 Å². The maximum Gasteiger partial charge on any atom is 0.225 e. The molecule has 3 rings (SSSR count). The van der Waals surface area contributed by atoms with E-state index in [1.807, 2.05) is 4.90 Å². The van der Waals surface area contributed by atoms with E-state index in [0.717, 1.165) is 39.0 Å². The lowest BCUT2D eigenvalue weighted by atomic mass is 10.2. The number of carbonyl (C=O) groups is 1. The first kappa shape index (κ1) is 12.7. The van der Waals surface area contributed by atoms with Gasteiger partial charge in [0.25, 0.3) is 0 Å². The van der Waals surface area contributed by atoms with Gasteiger partial charge in [0, 0.05) is 38.6 Å². The van der Waals surface area contributed by atoms with Crippen molar-refractivity contribution in [3.05, 3.63) is 24.2 Å². The van der Waals surface area contributed by atoms with E-state index >= 15 is 0 Å². The second-order valence-electron chi connectivity index (χ2n) is 5.43. The quantitative estimate of drug-likeness (QED) is 0.876. The van der Waals surface area contributed by atoms with E-state index in [4.69, 9.17) is 4.42 Å². The molecule has 1 unspecified atom stereocenters. The van der Waals surface area contributed by atoms with Gasteiger partial charge < -0.3 is 14.4 Å². The number of β-amino-alcohol motifs (C(OH)–C–C–N with tert-alkyl or cyclic N) is 1. The monoisotopic (exact) mass is 264 g/mol. The van der Waals surface area contributed by atoms with Crippen molar-refractivity contribution in [3.63, 3.8) is 0 Å². The standard InChI is InChI=1S/C14H20N2O3/c17-12(13-2-1-9-19-13)10-15-5-7-16(8-6-15)14(18)11-3-4-11/h1-2,9,11-12,17H,3-8,10H2. The van der Waals surface area contributed by atoms with E-state index in [1.165, 1.54) is 0 Å². The fourth-order valence-corrected chi connectivity index (χ4v) is 2.55. The zero-order valence-corrected chi connectivity index (χ0v) is 11.0. The number of amides is 1. The molecule has 1 aliphatic heterocycles. The molecule has 104 valence electrons. The molecule has 2 fully saturated rings. The zero-order chi connectivity index (χ0) is 13.2. The predicted molar refractivity (Wildman–Crippen MR) is 69.4 cm³/mol. The largest absolute Gasteiger partial charge is 0.467 e. The third-order valence-corrected chi connectivity index (χ3v) is 3.91. The normalized spacial score (nSPS) is 22.5. The Hall–Kier alpha value is -1.33. The van der Waals surface area contributed by atoms with Crippen LogP contribution >= 0.6 is 0 Å². The highest BCUT2D eigenvalue weighted by Gasteiger charge is 2.34. The van der Waals surface area contributed by atoms with Gasteiger partial charge in [0.2, 0.25) is 5.91 Å². The summed E-state index contributed by atoms with van der Waals surface area (Å²) in [6, 6.07) is 3.57. The first-order chi connectivity index (χ1) is 9.24. The molecule has 5 nitrogen and oxygen atoms in total. The molecule has 2 heterocycles. The van der Waals surface area contributed by atoms with Crippen molar-refractivity contribution in [3.8, 4) is 0 Å². The van der Waals surface area contributed by atoms with Gasteiger partial charge in [0.05, 0.1) is 6.26 Å². The summed E-state index contributed by atoms with van der Waals surface area (Å²) in [5, 5.41) is 10.0. The Bertz CT molecular complexity index is 420. The first-order valence-electron chi connectivity index (χ1n) is 6.96. The van der Waals surface area contributed by atoms with Crippen LogP contribution in [0.1, 0.15) is 24.7 Å². The maximum atomic E-state index is 11.9. The molecule has 0 bridgehead atoms. The lowest BCUT2D eigenvalue weighted by molar-refractivity contribution is -0.134. The van der Waals surface area contributed by atoms with Gasteiger partial charge in [-0.15, -0.1) is 0 Å². The number of nitrogens with zero attached hydrogens (tertiary/aromatic N) is 2. The Morgan fingerprint density at radius 2 is 2.11 bits per heavy atom. The molecule has 5 heteroatoms. The lowest BCUT2D eigenvalue weighted by Gasteiger charge is -2.35. The highest BCUT2D eigenvalue weighted by atomic mass is 16.4. The number of carbonyl (C=O) groups excluding carboxylic acids is 1. The molecule has 1 saturated heterocycles. The van der Waals surface area contributed by atoms with Crippen LogP contribution in [0.5, 0.6) is 0 Å². The van der Waals surface area contributed by atoms with Gasteiger partial charge in [-0.2, -0.15) is 0 Å². The van der Waals surface area contributed by atoms with Crippen molar-refractivity contribution < 1.29 is 14.3 Å². The Morgan fingerprint density at radius 3 is 2.68 bits per heavy atom. The molecule has 1 saturated carbocycles. The van der Waals surface area contributed by atoms with Crippen LogP contribution in [0.25, 0.3) is 0 Å². The molecule has 19 heavy (non-hydrogen) atoms. The van der Waals surface area contributed by atoms with Crippen LogP contribution in [-0.4, -0.2) is 53.5 Å². The molecular formula is C14H20N2O3. The van der Waals surface area contributed by atoms with Gasteiger partial charge in [-0.05, 0) is 25.0 Å². The van der Waals surface area contributed by atoms with Crippen molar-refractivity contribution in [2.45, 2.75) is 18.9 Å². The molecule has 1 aliphatic carbocycles. The van der Waals surface area contributed by atoms with Gasteiger partial charge in [-0.1, -0.05) is 0 Å². The second-order valence-corrected chi connectivity index (χ2v) is 5.43. The highest BCUT2D eigenvalue weighted by Crippen LogP contribution is 2.31. The molecule has 1 amide bonds. The number of hydrogen-bond acceptors (Lipinski definition) is 4. The number of aliphatic hydroxyl groups excluding tert-OH is 1. The predicted octanol–water partition coefficient (Wildman–Crippen LogP) is 0.867. The summed E-state index contributed by atoms with van der Waals surface area (Å²) < 4.78 is 5.19. The minimum absolute atomic E-state index is 0.306. The lowest BCUT2D eigenvalue weighted by Crippen LogP contribution is -2.50. The summed E-state index contributed by atoms with van der Waals surface area (Å²) in [4.78, 5) is 16.1. The van der Waals surface area contributed by atoms with Crippen LogP contribution in [0.15, 0.2) is 22.8 Å². The summed E-state index contributed by atoms with van der Waals surface area (Å²) >= 11 is 0. The van der Waals surface area contributed by atoms with Gasteiger partial charge in [0.1, 0.15) is 11.9 Å². The number of rotatable bonds is 4. The van der Waals surface area contributed by atoms with Crippen LogP contribution in [0.3, 0.4) is 0 Å². The summed E-state index contributed by atoms with van der Waals surface area (Å²) in [6.07, 6.45) is 3.12. The number of aliphatic hydroxyl groups is 1. The van der Waals surface area contributed by atoms with E-state index in [-0.39, 0.29) is 0 Å². The summed E-state index contributed by atoms with van der Waals surface area (Å²) in [7, 11) is 0. The van der Waals surface area contributed by atoms with E-state index in [2.05, 4.69) is 4.90 Å². The van der Waals surface area contributed by atoms with Crippen molar-refractivity contribution in [1.82, 2.24) is 9.80 Å². The SMILES string of the molecule is O=C(C1CC1)N1CCN(CC(O)c2ccco2)CC1. The van der Waals surface area contributed by atoms with Crippen LogP contribution in [0.4, 0.5) is 0 Å². The van der Waals surface area contributed by atoms with E-state index in [9.17, 15) is 9.90 Å². The summed E-state index contributed by atoms with van der Waals surface area (Å²) in [5.41, 5.74) is 0. The highest BCUT2D eigenvalue weighted by molar-refractivity contribution is 5.81. The fourth-order valence-electron chi connectivity index (χ4n) is 2.55. The smallest absolute Gasteiger partial charge is 0.225 e. The van der Waals surface area contributed by atoms with Crippen molar-refractivity contribution in [2.75, 3.05) is 32.7 Å². The minimum Gasteiger partial charge on any atom is -0.467 e. The zero-order valence-electron chi connectivity index (χ0n) is 11.0. The molecule has 1 atom stereocenters. The van der Waals surface area contributed by atoms with Gasteiger partial charge in [-0.25, -0.2) is 0 Å². The third-order valence-electron chi connectivity index (χ3n) is 3.91. The minimum atomic E-state index is -0.583. The summed E-state index contributed by atoms with van der Waals surface area (Å²) in [6.45, 7) is 3.78. The molecule has 0 radical (unpaired) electrons. The van der Waals surface area contributed by atoms with Crippen LogP contribution in [0.2, 0.25) is 0 Å². The Morgan fingerprint density at radius 1 is 1.37 bits per heavy atom. The molecular weight excluding hydrogens is 244 g/mol. The second kappa shape index (κ2) is 5.35. The van der Waals surface area contributed by atoms with Crippen LogP contribution in [0, 0.1) is 5.92 Å². The third kappa shape index (κ3) is 2.98. The fraction of sp³-hybridized carbons (Fsp3) is 0.643. The van der Waals surface area contributed by atoms with Crippen LogP contribution < -0.4 is 0 Å². The number of piperazine rings is 1. The van der Waals surface area contributed by atoms with Crippen molar-refractivity contribution in [1.29, 1.82) is 0 Å². The topological polar surface area (TPSA) is 56.9 Å². The van der Waals surface area contributed by atoms with Gasteiger partial charge in [-0.3, -0.25) is 9.69 Å². The van der Waals surface area contributed by atoms with Gasteiger partial charge >= 0.3 is 0 Å². The van der Waals surface area contributed by atoms with E-state index < -0.39 is 6.10 Å². The first-order valence-corrected chi connectivity index (χ1v) is 6.96.